The smallest absolute Gasteiger partial charge is 0.220 e. The minimum atomic E-state index is -1.17. The predicted molar refractivity (Wildman–Crippen MR) is 245 cm³/mol. The molecule has 3 atom stereocenters. The summed E-state index contributed by atoms with van der Waals surface area (Å²) in [5.41, 5.74) is 0. The van der Waals surface area contributed by atoms with Crippen LogP contribution in [0.3, 0.4) is 0 Å². The third-order valence-corrected chi connectivity index (χ3v) is 11.1. The van der Waals surface area contributed by atoms with Gasteiger partial charge in [0.25, 0.3) is 0 Å². The van der Waals surface area contributed by atoms with E-state index in [1.54, 1.807) is 0 Å². The van der Waals surface area contributed by atoms with Gasteiger partial charge in [-0.1, -0.05) is 204 Å². The van der Waals surface area contributed by atoms with Gasteiger partial charge in [0.1, 0.15) is 6.10 Å². The number of hydrogen-bond donors (Lipinski definition) is 4. The van der Waals surface area contributed by atoms with Crippen LogP contribution in [0.1, 0.15) is 245 Å². The van der Waals surface area contributed by atoms with Crippen molar-refractivity contribution in [2.24, 2.45) is 0 Å². The molecule has 4 N–H and O–H groups in total. The first-order valence-electron chi connectivity index (χ1n) is 24.4. The summed E-state index contributed by atoms with van der Waals surface area (Å²) in [4.78, 5) is 12.4. The summed E-state index contributed by atoms with van der Waals surface area (Å²) in [5, 5.41) is 33.5. The van der Waals surface area contributed by atoms with Gasteiger partial charge in [-0.25, -0.2) is 0 Å². The first-order chi connectivity index (χ1) is 27.6. The zero-order valence-corrected chi connectivity index (χ0v) is 37.3. The minimum Gasteiger partial charge on any atom is -0.394 e. The summed E-state index contributed by atoms with van der Waals surface area (Å²) in [6.07, 6.45) is 59.6. The SMILES string of the molecule is CCCCCC/C=C/CC/C=C/CCCC(O)C(O)C(CO)NC(=O)CCCCCCCCCCCCCCC/C=C\C/C=C\CCCCCCCCCCC. The fourth-order valence-electron chi connectivity index (χ4n) is 7.33. The van der Waals surface area contributed by atoms with E-state index < -0.39 is 18.2 Å². The van der Waals surface area contributed by atoms with Crippen LogP contribution in [0.4, 0.5) is 0 Å². The number of amides is 1. The van der Waals surface area contributed by atoms with Crippen molar-refractivity contribution in [2.45, 2.75) is 263 Å². The molecule has 0 aromatic carbocycles. The number of hydrogen-bond acceptors (Lipinski definition) is 4. The van der Waals surface area contributed by atoms with E-state index >= 15 is 0 Å². The van der Waals surface area contributed by atoms with Crippen LogP contribution in [-0.2, 0) is 4.79 Å². The summed E-state index contributed by atoms with van der Waals surface area (Å²) in [6.45, 7) is 4.14. The van der Waals surface area contributed by atoms with E-state index in [4.69, 9.17) is 0 Å². The van der Waals surface area contributed by atoms with Crippen molar-refractivity contribution < 1.29 is 20.1 Å². The van der Waals surface area contributed by atoms with Gasteiger partial charge < -0.3 is 20.6 Å². The Hall–Kier alpha value is -1.69. The first kappa shape index (κ1) is 54.3. The van der Waals surface area contributed by atoms with E-state index in [9.17, 15) is 20.1 Å². The number of aliphatic hydroxyl groups excluding tert-OH is 3. The molecule has 328 valence electrons. The molecule has 0 rings (SSSR count). The number of rotatable bonds is 44. The lowest BCUT2D eigenvalue weighted by Gasteiger charge is -2.26. The molecule has 0 saturated heterocycles. The van der Waals surface area contributed by atoms with Crippen LogP contribution in [0.2, 0.25) is 0 Å². The quantitative estimate of drug-likeness (QED) is 0.0366. The number of unbranched alkanes of at least 4 members (excludes halogenated alkanes) is 28. The van der Waals surface area contributed by atoms with Crippen LogP contribution >= 0.6 is 0 Å². The van der Waals surface area contributed by atoms with Crippen molar-refractivity contribution in [3.05, 3.63) is 48.6 Å². The van der Waals surface area contributed by atoms with E-state index in [2.05, 4.69) is 67.8 Å². The standard InChI is InChI=1S/C51H95NO4/c1-3-5-7-9-11-13-15-17-18-19-20-21-22-23-24-25-26-27-28-29-30-31-32-34-36-38-40-42-44-46-50(55)52-48(47-53)51(56)49(54)45-43-41-39-37-35-33-16-14-12-10-8-6-4-2/h14,16,20-21,23-24,37,39,48-49,51,53-54,56H,3-13,15,17-19,22,25-36,38,40-47H2,1-2H3,(H,52,55)/b16-14+,21-20-,24-23-,39-37+. The Labute approximate surface area is 348 Å². The number of allylic oxidation sites excluding steroid dienone is 8. The first-order valence-corrected chi connectivity index (χ1v) is 24.4. The molecule has 0 aliphatic heterocycles. The Balaban J connectivity index is 3.58. The molecule has 0 aromatic rings. The fraction of sp³-hybridized carbons (Fsp3) is 0.824. The fourth-order valence-corrected chi connectivity index (χ4v) is 7.33. The lowest BCUT2D eigenvalue weighted by Crippen LogP contribution is -2.50. The highest BCUT2D eigenvalue weighted by molar-refractivity contribution is 5.76. The second-order valence-corrected chi connectivity index (χ2v) is 16.6. The van der Waals surface area contributed by atoms with Crippen LogP contribution in [0.15, 0.2) is 48.6 Å². The van der Waals surface area contributed by atoms with Crippen molar-refractivity contribution in [3.8, 4) is 0 Å². The Morgan fingerprint density at radius 2 is 0.786 bits per heavy atom. The number of carbonyl (C=O) groups is 1. The summed E-state index contributed by atoms with van der Waals surface area (Å²) in [7, 11) is 0. The normalized spacial score (nSPS) is 13.9. The second-order valence-electron chi connectivity index (χ2n) is 16.6. The molecule has 0 heterocycles. The lowest BCUT2D eigenvalue weighted by molar-refractivity contribution is -0.124. The van der Waals surface area contributed by atoms with Gasteiger partial charge >= 0.3 is 0 Å². The van der Waals surface area contributed by atoms with E-state index in [0.717, 1.165) is 51.4 Å². The Kier molecular flexibility index (Phi) is 44.6. The molecule has 0 aliphatic carbocycles. The molecular weight excluding hydrogens is 691 g/mol. The van der Waals surface area contributed by atoms with Gasteiger partial charge in [0.05, 0.1) is 18.8 Å². The van der Waals surface area contributed by atoms with Gasteiger partial charge in [-0.2, -0.15) is 0 Å². The van der Waals surface area contributed by atoms with Gasteiger partial charge in [0, 0.05) is 6.42 Å². The third-order valence-electron chi connectivity index (χ3n) is 11.1. The number of aliphatic hydroxyl groups is 3. The molecule has 1 amide bonds. The molecule has 0 fully saturated rings. The Bertz CT molecular complexity index is 912. The van der Waals surface area contributed by atoms with Crippen molar-refractivity contribution in [1.82, 2.24) is 5.32 Å². The molecule has 3 unspecified atom stereocenters. The van der Waals surface area contributed by atoms with Gasteiger partial charge in [-0.3, -0.25) is 4.79 Å². The average Bonchev–Trinajstić information content (AvgIpc) is 3.20. The zero-order chi connectivity index (χ0) is 40.8. The van der Waals surface area contributed by atoms with Gasteiger partial charge in [0.2, 0.25) is 5.91 Å². The summed E-state index contributed by atoms with van der Waals surface area (Å²) in [5.74, 6) is -0.160. The maximum Gasteiger partial charge on any atom is 0.220 e. The predicted octanol–water partition coefficient (Wildman–Crippen LogP) is 14.5. The summed E-state index contributed by atoms with van der Waals surface area (Å²) >= 11 is 0. The van der Waals surface area contributed by atoms with Crippen molar-refractivity contribution >= 4 is 5.91 Å². The molecule has 0 spiro atoms. The van der Waals surface area contributed by atoms with Gasteiger partial charge in [0.15, 0.2) is 0 Å². The number of carbonyl (C=O) groups excluding carboxylic acids is 1. The highest BCUT2D eigenvalue weighted by atomic mass is 16.3. The van der Waals surface area contributed by atoms with Crippen molar-refractivity contribution in [3.63, 3.8) is 0 Å². The molecular formula is C51H95NO4. The van der Waals surface area contributed by atoms with E-state index in [-0.39, 0.29) is 12.5 Å². The van der Waals surface area contributed by atoms with Crippen molar-refractivity contribution in [2.75, 3.05) is 6.61 Å². The maximum atomic E-state index is 12.4. The molecule has 0 aliphatic rings. The Morgan fingerprint density at radius 1 is 0.446 bits per heavy atom. The van der Waals surface area contributed by atoms with Crippen LogP contribution in [-0.4, -0.2) is 46.1 Å². The van der Waals surface area contributed by atoms with Crippen LogP contribution in [0, 0.1) is 0 Å². The molecule has 56 heavy (non-hydrogen) atoms. The van der Waals surface area contributed by atoms with Crippen LogP contribution in [0.5, 0.6) is 0 Å². The Morgan fingerprint density at radius 3 is 1.21 bits per heavy atom. The molecule has 5 nitrogen and oxygen atoms in total. The van der Waals surface area contributed by atoms with E-state index in [0.29, 0.717) is 12.8 Å². The molecule has 0 aromatic heterocycles. The van der Waals surface area contributed by atoms with Crippen LogP contribution in [0.25, 0.3) is 0 Å². The van der Waals surface area contributed by atoms with Gasteiger partial charge in [-0.05, 0) is 83.5 Å². The minimum absolute atomic E-state index is 0.160. The largest absolute Gasteiger partial charge is 0.394 e. The van der Waals surface area contributed by atoms with E-state index in [1.807, 2.05) is 0 Å². The van der Waals surface area contributed by atoms with Gasteiger partial charge in [-0.15, -0.1) is 0 Å². The number of nitrogens with one attached hydrogen (secondary N) is 1. The van der Waals surface area contributed by atoms with Crippen LogP contribution < -0.4 is 5.32 Å². The third kappa shape index (κ3) is 40.5. The highest BCUT2D eigenvalue weighted by Gasteiger charge is 2.26. The van der Waals surface area contributed by atoms with Crippen molar-refractivity contribution in [1.29, 1.82) is 0 Å². The maximum absolute atomic E-state index is 12.4. The summed E-state index contributed by atoms with van der Waals surface area (Å²) < 4.78 is 0. The molecule has 0 radical (unpaired) electrons. The highest BCUT2D eigenvalue weighted by Crippen LogP contribution is 2.15. The molecule has 5 heteroatoms. The van der Waals surface area contributed by atoms with E-state index in [1.165, 1.54) is 167 Å². The monoisotopic (exact) mass is 786 g/mol. The molecule has 0 saturated carbocycles. The zero-order valence-electron chi connectivity index (χ0n) is 37.3. The summed E-state index contributed by atoms with van der Waals surface area (Å²) in [6, 6.07) is -0.833. The average molecular weight is 786 g/mol. The second kappa shape index (κ2) is 46.0. The topological polar surface area (TPSA) is 89.8 Å². The lowest BCUT2D eigenvalue weighted by atomic mass is 10.0. The molecule has 0 bridgehead atoms.